The first kappa shape index (κ1) is 19.8. The molecule has 0 saturated heterocycles. The Bertz CT molecular complexity index is 941. The van der Waals surface area contributed by atoms with E-state index in [4.69, 9.17) is 4.74 Å². The van der Waals surface area contributed by atoms with Gasteiger partial charge in [0, 0.05) is 37.4 Å². The maximum Gasteiger partial charge on any atom is 0.235 e. The van der Waals surface area contributed by atoms with Crippen molar-refractivity contribution in [1.82, 2.24) is 29.7 Å². The highest BCUT2D eigenvalue weighted by atomic mass is 32.2. The Kier molecular flexibility index (Phi) is 5.77. The third-order valence-electron chi connectivity index (χ3n) is 4.93. The second kappa shape index (κ2) is 8.46. The van der Waals surface area contributed by atoms with Crippen LogP contribution >= 0.6 is 11.9 Å². The van der Waals surface area contributed by atoms with E-state index in [2.05, 4.69) is 41.4 Å². The Labute approximate surface area is 174 Å². The van der Waals surface area contributed by atoms with Crippen molar-refractivity contribution in [2.24, 2.45) is 0 Å². The van der Waals surface area contributed by atoms with Gasteiger partial charge in [0.15, 0.2) is 5.82 Å². The molecule has 8 nitrogen and oxygen atoms in total. The summed E-state index contributed by atoms with van der Waals surface area (Å²) in [4.78, 5) is 13.3. The molecule has 1 saturated carbocycles. The maximum absolute atomic E-state index is 5.51. The smallest absolute Gasteiger partial charge is 0.235 e. The van der Waals surface area contributed by atoms with Crippen molar-refractivity contribution in [2.45, 2.75) is 43.9 Å². The van der Waals surface area contributed by atoms with Crippen LogP contribution in [0.5, 0.6) is 0 Å². The third kappa shape index (κ3) is 4.40. The first-order valence-electron chi connectivity index (χ1n) is 9.67. The maximum atomic E-state index is 5.51. The summed E-state index contributed by atoms with van der Waals surface area (Å²) in [5.41, 5.74) is 1.76. The van der Waals surface area contributed by atoms with E-state index in [1.165, 1.54) is 0 Å². The largest absolute Gasteiger partial charge is 0.382 e. The molecule has 1 aliphatic carbocycles. The zero-order chi connectivity index (χ0) is 20.3. The third-order valence-corrected chi connectivity index (χ3v) is 5.80. The van der Waals surface area contributed by atoms with E-state index in [1.54, 1.807) is 25.3 Å². The van der Waals surface area contributed by atoms with Gasteiger partial charge in [0.1, 0.15) is 11.5 Å². The minimum Gasteiger partial charge on any atom is -0.382 e. The van der Waals surface area contributed by atoms with Crippen LogP contribution in [-0.4, -0.2) is 48.7 Å². The molecular weight excluding hydrogens is 386 g/mol. The van der Waals surface area contributed by atoms with Gasteiger partial charge in [-0.1, -0.05) is 13.0 Å². The van der Waals surface area contributed by atoms with Crippen LogP contribution in [0.4, 0.5) is 5.95 Å². The average molecular weight is 412 g/mol. The molecule has 0 amide bonds. The summed E-state index contributed by atoms with van der Waals surface area (Å²) in [6, 6.07) is 5.82. The van der Waals surface area contributed by atoms with Gasteiger partial charge in [-0.3, -0.25) is 14.3 Å². The molecule has 1 aliphatic rings. The highest BCUT2D eigenvalue weighted by molar-refractivity contribution is 8.01. The molecule has 1 atom stereocenters. The van der Waals surface area contributed by atoms with E-state index in [1.807, 2.05) is 37.5 Å². The van der Waals surface area contributed by atoms with E-state index in [-0.39, 0.29) is 10.8 Å². The van der Waals surface area contributed by atoms with Crippen molar-refractivity contribution in [3.05, 3.63) is 48.2 Å². The van der Waals surface area contributed by atoms with Gasteiger partial charge in [0.2, 0.25) is 5.95 Å². The summed E-state index contributed by atoms with van der Waals surface area (Å²) >= 11 is 1.60. The Balaban J connectivity index is 1.53. The predicted molar refractivity (Wildman–Crippen MR) is 113 cm³/mol. The number of rotatable bonds is 9. The molecule has 152 valence electrons. The van der Waals surface area contributed by atoms with Crippen LogP contribution in [0.15, 0.2) is 36.8 Å². The molecule has 0 aliphatic heterocycles. The molecule has 3 heterocycles. The molecule has 1 N–H and O–H groups in total. The molecule has 9 heteroatoms. The van der Waals surface area contributed by atoms with Crippen molar-refractivity contribution in [2.75, 3.05) is 18.4 Å². The van der Waals surface area contributed by atoms with E-state index in [0.29, 0.717) is 6.61 Å². The summed E-state index contributed by atoms with van der Waals surface area (Å²) in [6.07, 6.45) is 8.31. The van der Waals surface area contributed by atoms with Crippen molar-refractivity contribution < 1.29 is 4.74 Å². The standard InChI is InChI=1S/C20H25N7OS/c1-14-11-22-17(23-12-14)10-15(2)29-26-19-25-24-18(16-6-4-5-9-21-16)27(19)20(7-8-20)13-28-3/h4-6,9,11-12,15H,7-8,10,13H2,1-3H3,(H,25,26). The number of methoxy groups -OCH3 is 1. The molecule has 0 spiro atoms. The van der Waals surface area contributed by atoms with E-state index in [0.717, 1.165) is 48.1 Å². The highest BCUT2D eigenvalue weighted by Crippen LogP contribution is 2.47. The minimum absolute atomic E-state index is 0.114. The summed E-state index contributed by atoms with van der Waals surface area (Å²) in [5.74, 6) is 2.32. The summed E-state index contributed by atoms with van der Waals surface area (Å²) in [6.45, 7) is 4.75. The summed E-state index contributed by atoms with van der Waals surface area (Å²) < 4.78 is 11.1. The van der Waals surface area contributed by atoms with Gasteiger partial charge in [-0.2, -0.15) is 0 Å². The number of anilines is 1. The highest BCUT2D eigenvalue weighted by Gasteiger charge is 2.48. The number of hydrogen-bond donors (Lipinski definition) is 1. The van der Waals surface area contributed by atoms with Gasteiger partial charge in [-0.15, -0.1) is 10.2 Å². The lowest BCUT2D eigenvalue weighted by Crippen LogP contribution is -2.25. The minimum atomic E-state index is -0.114. The van der Waals surface area contributed by atoms with Crippen molar-refractivity contribution in [3.63, 3.8) is 0 Å². The lowest BCUT2D eigenvalue weighted by Gasteiger charge is -2.21. The Hall–Kier alpha value is -2.52. The number of nitrogens with one attached hydrogen (secondary N) is 1. The monoisotopic (exact) mass is 411 g/mol. The van der Waals surface area contributed by atoms with Crippen LogP contribution in [0.3, 0.4) is 0 Å². The van der Waals surface area contributed by atoms with E-state index < -0.39 is 0 Å². The van der Waals surface area contributed by atoms with Gasteiger partial charge in [0.25, 0.3) is 0 Å². The van der Waals surface area contributed by atoms with Crippen LogP contribution in [0, 0.1) is 6.92 Å². The lowest BCUT2D eigenvalue weighted by atomic mass is 10.2. The van der Waals surface area contributed by atoms with Crippen LogP contribution in [-0.2, 0) is 16.7 Å². The van der Waals surface area contributed by atoms with Crippen molar-refractivity contribution >= 4 is 17.9 Å². The topological polar surface area (TPSA) is 90.6 Å². The summed E-state index contributed by atoms with van der Waals surface area (Å²) in [5, 5.41) is 9.13. The second-order valence-corrected chi connectivity index (χ2v) is 8.71. The molecule has 29 heavy (non-hydrogen) atoms. The van der Waals surface area contributed by atoms with Crippen LogP contribution in [0.25, 0.3) is 11.5 Å². The number of ether oxygens (including phenoxy) is 1. The van der Waals surface area contributed by atoms with Crippen LogP contribution in [0.2, 0.25) is 0 Å². The molecule has 3 aromatic heterocycles. The Morgan fingerprint density at radius 1 is 1.21 bits per heavy atom. The zero-order valence-corrected chi connectivity index (χ0v) is 17.7. The number of nitrogens with zero attached hydrogens (tertiary/aromatic N) is 6. The molecular formula is C20H25N7OS. The second-order valence-electron chi connectivity index (χ2n) is 7.47. The molecule has 0 aromatic carbocycles. The van der Waals surface area contributed by atoms with Crippen LogP contribution < -0.4 is 4.72 Å². The molecule has 0 bridgehead atoms. The predicted octanol–water partition coefficient (Wildman–Crippen LogP) is 3.27. The van der Waals surface area contributed by atoms with Gasteiger partial charge >= 0.3 is 0 Å². The quantitative estimate of drug-likeness (QED) is 0.537. The van der Waals surface area contributed by atoms with Crippen molar-refractivity contribution in [1.29, 1.82) is 0 Å². The van der Waals surface area contributed by atoms with Crippen LogP contribution in [0.1, 0.15) is 31.2 Å². The fourth-order valence-corrected chi connectivity index (χ4v) is 3.95. The first-order valence-corrected chi connectivity index (χ1v) is 10.5. The van der Waals surface area contributed by atoms with Gasteiger partial charge in [-0.05, 0) is 49.4 Å². The number of pyridine rings is 1. The zero-order valence-electron chi connectivity index (χ0n) is 16.9. The van der Waals surface area contributed by atoms with Gasteiger partial charge < -0.3 is 4.74 Å². The Morgan fingerprint density at radius 3 is 2.66 bits per heavy atom. The normalized spacial score (nSPS) is 15.8. The number of aromatic nitrogens is 6. The molecule has 0 radical (unpaired) electrons. The lowest BCUT2D eigenvalue weighted by molar-refractivity contribution is 0.145. The Morgan fingerprint density at radius 2 is 2.00 bits per heavy atom. The first-order chi connectivity index (χ1) is 14.1. The number of hydrogen-bond acceptors (Lipinski definition) is 8. The van der Waals surface area contributed by atoms with Crippen molar-refractivity contribution in [3.8, 4) is 11.5 Å². The molecule has 1 unspecified atom stereocenters. The van der Waals surface area contributed by atoms with Gasteiger partial charge in [0.05, 0.1) is 12.1 Å². The molecule has 4 rings (SSSR count). The van der Waals surface area contributed by atoms with E-state index in [9.17, 15) is 0 Å². The molecule has 1 fully saturated rings. The molecule has 3 aromatic rings. The summed E-state index contributed by atoms with van der Waals surface area (Å²) in [7, 11) is 1.73. The van der Waals surface area contributed by atoms with Gasteiger partial charge in [-0.25, -0.2) is 9.97 Å². The average Bonchev–Trinajstić information content (AvgIpc) is 3.38. The fraction of sp³-hybridized carbons (Fsp3) is 0.450. The SMILES string of the molecule is COCC1(n2c(NSC(C)Cc3ncc(C)cn3)nnc2-c2ccccn2)CC1. The number of aryl methyl sites for hydroxylation is 1. The fourth-order valence-electron chi connectivity index (χ4n) is 3.28. The van der Waals surface area contributed by atoms with E-state index >= 15 is 0 Å².